The average molecular weight is 522 g/mol. The van der Waals surface area contributed by atoms with E-state index in [-0.39, 0.29) is 11.7 Å². The molecule has 1 aromatic carbocycles. The van der Waals surface area contributed by atoms with Gasteiger partial charge in [0.2, 0.25) is 5.91 Å². The summed E-state index contributed by atoms with van der Waals surface area (Å²) in [5, 5.41) is 3.13. The van der Waals surface area contributed by atoms with Crippen LogP contribution in [0.25, 0.3) is 0 Å². The molecule has 3 N–H and O–H groups in total. The third-order valence-corrected chi connectivity index (χ3v) is 5.60. The first-order valence-corrected chi connectivity index (χ1v) is 11.7. The van der Waals surface area contributed by atoms with Gasteiger partial charge in [-0.1, -0.05) is 0 Å². The largest absolute Gasteiger partial charge is 0.573 e. The van der Waals surface area contributed by atoms with E-state index in [4.69, 9.17) is 0 Å². The quantitative estimate of drug-likeness (QED) is 0.407. The fraction of sp³-hybridized carbons (Fsp3) is 0.250. The number of rotatable bonds is 8. The van der Waals surface area contributed by atoms with Gasteiger partial charge in [-0.2, -0.15) is 0 Å². The molecule has 0 saturated heterocycles. The zero-order chi connectivity index (χ0) is 26.7. The van der Waals surface area contributed by atoms with Crippen LogP contribution in [-0.4, -0.2) is 41.7 Å². The van der Waals surface area contributed by atoms with Crippen molar-refractivity contribution in [1.29, 1.82) is 0 Å². The summed E-state index contributed by atoms with van der Waals surface area (Å²) >= 11 is 1.34. The van der Waals surface area contributed by atoms with Crippen LogP contribution >= 0.6 is 11.8 Å². The molecule has 3 aromatic rings. The highest BCUT2D eigenvalue weighted by atomic mass is 32.2. The van der Waals surface area contributed by atoms with Crippen LogP contribution in [0, 0.1) is 0 Å². The van der Waals surface area contributed by atoms with E-state index in [1.54, 1.807) is 29.4 Å². The maximum atomic E-state index is 12.8. The highest BCUT2D eigenvalue weighted by Gasteiger charge is 2.31. The fourth-order valence-electron chi connectivity index (χ4n) is 3.01. The number of thioether (sulfide) groups is 1. The number of hydrogen-bond acceptors (Lipinski definition) is 7. The number of aromatic nitrogens is 2. The lowest BCUT2D eigenvalue weighted by atomic mass is 10.2. The van der Waals surface area contributed by atoms with Gasteiger partial charge >= 0.3 is 6.36 Å². The first kappa shape index (κ1) is 28.6. The number of hydrogen-bond donors (Lipinski definition) is 2. The first-order valence-electron chi connectivity index (χ1n) is 10.7. The summed E-state index contributed by atoms with van der Waals surface area (Å²) in [4.78, 5) is 34.7. The van der Waals surface area contributed by atoms with Gasteiger partial charge in [0.15, 0.2) is 0 Å². The molecular formula is C24H26F3N5O3S. The summed E-state index contributed by atoms with van der Waals surface area (Å²) in [6, 6.07) is 11.7. The lowest BCUT2D eigenvalue weighted by Crippen LogP contribution is -2.28. The molecule has 0 radical (unpaired) electrons. The van der Waals surface area contributed by atoms with E-state index >= 15 is 0 Å². The number of pyridine rings is 2. The Labute approximate surface area is 211 Å². The van der Waals surface area contributed by atoms with Crippen molar-refractivity contribution < 1.29 is 27.5 Å². The Morgan fingerprint density at radius 3 is 2.39 bits per heavy atom. The predicted octanol–water partition coefficient (Wildman–Crippen LogP) is 4.87. The lowest BCUT2D eigenvalue weighted by molar-refractivity contribution is -0.274. The molecule has 192 valence electrons. The van der Waals surface area contributed by atoms with Crippen LogP contribution < -0.4 is 20.7 Å². The summed E-state index contributed by atoms with van der Waals surface area (Å²) < 4.78 is 40.7. The van der Waals surface area contributed by atoms with Gasteiger partial charge in [0, 0.05) is 37.3 Å². The third kappa shape index (κ3) is 8.54. The van der Waals surface area contributed by atoms with Gasteiger partial charge in [-0.05, 0) is 68.1 Å². The van der Waals surface area contributed by atoms with Gasteiger partial charge in [-0.3, -0.25) is 14.5 Å². The van der Waals surface area contributed by atoms with Crippen LogP contribution in [0.4, 0.5) is 24.7 Å². The van der Waals surface area contributed by atoms with E-state index in [1.165, 1.54) is 37.9 Å². The standard InChI is InChI=1S/C23H21F3N4O3S.CH5N/c1-3-30(15(2)31)20-13-16(10-12-27-20)14-34-22-19(5-4-11-28-22)21(32)29-17-6-8-18(9-7-17)33-23(24,25)26;1-2/h4-13H,3,14H2,1-2H3,(H,29,32);2H2,1H3. The number of amides is 2. The molecule has 0 saturated carbocycles. The topological polar surface area (TPSA) is 110 Å². The molecule has 0 fully saturated rings. The van der Waals surface area contributed by atoms with Crippen molar-refractivity contribution in [2.24, 2.45) is 5.73 Å². The molecule has 3 rings (SSSR count). The van der Waals surface area contributed by atoms with Crippen molar-refractivity contribution in [3.8, 4) is 5.75 Å². The first-order chi connectivity index (χ1) is 17.2. The van der Waals surface area contributed by atoms with Crippen LogP contribution in [-0.2, 0) is 10.5 Å². The predicted molar refractivity (Wildman–Crippen MR) is 133 cm³/mol. The molecule has 2 heterocycles. The van der Waals surface area contributed by atoms with E-state index < -0.39 is 12.3 Å². The average Bonchev–Trinajstić information content (AvgIpc) is 2.85. The van der Waals surface area contributed by atoms with E-state index in [9.17, 15) is 22.8 Å². The zero-order valence-electron chi connectivity index (χ0n) is 19.9. The smallest absolute Gasteiger partial charge is 0.406 e. The van der Waals surface area contributed by atoms with E-state index in [2.05, 4.69) is 25.8 Å². The Morgan fingerprint density at radius 1 is 1.08 bits per heavy atom. The fourth-order valence-corrected chi connectivity index (χ4v) is 3.95. The summed E-state index contributed by atoms with van der Waals surface area (Å²) in [7, 11) is 1.50. The molecule has 0 bridgehead atoms. The summed E-state index contributed by atoms with van der Waals surface area (Å²) in [6.45, 7) is 3.83. The number of benzene rings is 1. The zero-order valence-corrected chi connectivity index (χ0v) is 20.7. The molecule has 36 heavy (non-hydrogen) atoms. The maximum absolute atomic E-state index is 12.8. The van der Waals surface area contributed by atoms with E-state index in [0.29, 0.717) is 34.4 Å². The number of nitrogens with one attached hydrogen (secondary N) is 1. The Morgan fingerprint density at radius 2 is 1.78 bits per heavy atom. The van der Waals surface area contributed by atoms with Crippen LogP contribution in [0.3, 0.4) is 0 Å². The highest BCUT2D eigenvalue weighted by Crippen LogP contribution is 2.27. The third-order valence-electron chi connectivity index (χ3n) is 4.52. The second-order valence-corrected chi connectivity index (χ2v) is 7.92. The summed E-state index contributed by atoms with van der Waals surface area (Å²) in [5.41, 5.74) is 6.02. The van der Waals surface area contributed by atoms with Crippen LogP contribution in [0.15, 0.2) is 66.0 Å². The van der Waals surface area contributed by atoms with Crippen molar-refractivity contribution in [2.45, 2.75) is 31.0 Å². The van der Waals surface area contributed by atoms with E-state index in [1.807, 2.05) is 19.1 Å². The molecular weight excluding hydrogens is 495 g/mol. The number of carbonyl (C=O) groups excluding carboxylic acids is 2. The van der Waals surface area contributed by atoms with Crippen molar-refractivity contribution in [3.05, 3.63) is 72.1 Å². The Hall–Kier alpha value is -3.64. The molecule has 8 nitrogen and oxygen atoms in total. The maximum Gasteiger partial charge on any atom is 0.573 e. The van der Waals surface area contributed by atoms with Crippen molar-refractivity contribution in [2.75, 3.05) is 23.8 Å². The van der Waals surface area contributed by atoms with Crippen LogP contribution in [0.5, 0.6) is 5.75 Å². The monoisotopic (exact) mass is 521 g/mol. The second kappa shape index (κ2) is 13.4. The van der Waals surface area contributed by atoms with E-state index in [0.717, 1.165) is 17.7 Å². The number of nitrogens with zero attached hydrogens (tertiary/aromatic N) is 3. The Balaban J connectivity index is 0.00000222. The molecule has 0 aliphatic heterocycles. The van der Waals surface area contributed by atoms with Gasteiger partial charge in [-0.25, -0.2) is 9.97 Å². The van der Waals surface area contributed by atoms with Crippen molar-refractivity contribution >= 4 is 35.1 Å². The van der Waals surface area contributed by atoms with Crippen molar-refractivity contribution in [1.82, 2.24) is 9.97 Å². The minimum absolute atomic E-state index is 0.110. The molecule has 2 aromatic heterocycles. The van der Waals surface area contributed by atoms with Gasteiger partial charge in [0.1, 0.15) is 16.6 Å². The summed E-state index contributed by atoms with van der Waals surface area (Å²) in [5.74, 6) is 0.0770. The number of carbonyl (C=O) groups is 2. The van der Waals surface area contributed by atoms with Gasteiger partial charge in [-0.15, -0.1) is 24.9 Å². The highest BCUT2D eigenvalue weighted by molar-refractivity contribution is 7.98. The minimum Gasteiger partial charge on any atom is -0.406 e. The van der Waals surface area contributed by atoms with Gasteiger partial charge in [0.05, 0.1) is 5.56 Å². The van der Waals surface area contributed by atoms with Crippen molar-refractivity contribution in [3.63, 3.8) is 0 Å². The van der Waals surface area contributed by atoms with Crippen LogP contribution in [0.2, 0.25) is 0 Å². The number of anilines is 2. The second-order valence-electron chi connectivity index (χ2n) is 6.96. The summed E-state index contributed by atoms with van der Waals surface area (Å²) in [6.07, 6.45) is -1.60. The normalized spacial score (nSPS) is 10.6. The number of nitrogens with two attached hydrogens (primary N) is 1. The molecule has 0 aliphatic carbocycles. The number of alkyl halides is 3. The van der Waals surface area contributed by atoms with Gasteiger partial charge in [0.25, 0.3) is 5.91 Å². The Bertz CT molecular complexity index is 1160. The molecule has 0 unspecified atom stereocenters. The Kier molecular flexibility index (Phi) is 10.7. The SMILES string of the molecule is CCN(C(C)=O)c1cc(CSc2ncccc2C(=O)Nc2ccc(OC(F)(F)F)cc2)ccn1.CN. The minimum atomic E-state index is -4.79. The molecule has 0 aliphatic rings. The number of ether oxygens (including phenoxy) is 1. The molecule has 0 atom stereocenters. The molecule has 0 spiro atoms. The van der Waals surface area contributed by atoms with Gasteiger partial charge < -0.3 is 15.8 Å². The molecule has 12 heteroatoms. The number of halogens is 3. The molecule has 2 amide bonds. The lowest BCUT2D eigenvalue weighted by Gasteiger charge is -2.18. The van der Waals surface area contributed by atoms with Crippen LogP contribution in [0.1, 0.15) is 29.8 Å².